The van der Waals surface area contributed by atoms with Crippen LogP contribution in [0.3, 0.4) is 0 Å². The average Bonchev–Trinajstić information content (AvgIpc) is 3.27. The third-order valence-electron chi connectivity index (χ3n) is 7.03. The Morgan fingerprint density at radius 3 is 2.45 bits per heavy atom. The normalized spacial score (nSPS) is 21.8. The van der Waals surface area contributed by atoms with E-state index in [1.165, 1.54) is 68.0 Å². The molecule has 0 amide bonds. The molecule has 2 aromatic heterocycles. The van der Waals surface area contributed by atoms with Gasteiger partial charge in [0.15, 0.2) is 0 Å². The van der Waals surface area contributed by atoms with Gasteiger partial charge in [0.25, 0.3) is 0 Å². The van der Waals surface area contributed by atoms with Crippen molar-refractivity contribution in [3.63, 3.8) is 0 Å². The molecule has 5 rings (SSSR count). The van der Waals surface area contributed by atoms with Gasteiger partial charge >= 0.3 is 195 Å². The van der Waals surface area contributed by atoms with Crippen LogP contribution in [0.2, 0.25) is 4.44 Å². The number of rotatable bonds is 8. The van der Waals surface area contributed by atoms with Gasteiger partial charge in [-0.3, -0.25) is 0 Å². The van der Waals surface area contributed by atoms with Gasteiger partial charge in [-0.1, -0.05) is 0 Å². The molecule has 3 fully saturated rings. The zero-order chi connectivity index (χ0) is 22.5. The van der Waals surface area contributed by atoms with Crippen LogP contribution in [-0.4, -0.2) is 113 Å². The zero-order valence-electron chi connectivity index (χ0n) is 19.9. The van der Waals surface area contributed by atoms with Crippen LogP contribution in [0.1, 0.15) is 37.5 Å². The standard InChI is InChI=1S/C20H28N5O2S.C4H9.Sn/c1-3-23(4-2-16(1)24-5-9-26-10-6-24)14-17-13-18-19(28-17)20(22-15-21-18)25-7-11-27-12-8-25;1-3-4-2;/h13,16H,1-12,14H2;1,3-4H2,2H3;. The Kier molecular flexibility index (Phi) is 8.75. The van der Waals surface area contributed by atoms with E-state index in [0.717, 1.165) is 65.2 Å². The number of hydrogen-bond donors (Lipinski definition) is 0. The third-order valence-corrected chi connectivity index (χ3v) is 11.4. The fourth-order valence-corrected chi connectivity index (χ4v) is 9.50. The van der Waals surface area contributed by atoms with Gasteiger partial charge in [-0.05, 0) is 0 Å². The number of aromatic nitrogens is 2. The van der Waals surface area contributed by atoms with Gasteiger partial charge in [-0.25, -0.2) is 0 Å². The summed E-state index contributed by atoms with van der Waals surface area (Å²) in [4.78, 5) is 19.4. The van der Waals surface area contributed by atoms with Crippen LogP contribution < -0.4 is 8.74 Å². The molecule has 0 atom stereocenters. The summed E-state index contributed by atoms with van der Waals surface area (Å²) in [7, 11) is 0. The van der Waals surface area contributed by atoms with Crippen molar-refractivity contribution in [2.24, 2.45) is 0 Å². The van der Waals surface area contributed by atoms with Crippen molar-refractivity contribution in [3.8, 4) is 0 Å². The van der Waals surface area contributed by atoms with Crippen LogP contribution in [-0.2, 0) is 16.0 Å². The van der Waals surface area contributed by atoms with E-state index in [2.05, 4.69) is 27.7 Å². The Morgan fingerprint density at radius 2 is 1.73 bits per heavy atom. The number of ether oxygens (including phenoxy) is 2. The van der Waals surface area contributed by atoms with Crippen LogP contribution in [0, 0.1) is 0 Å². The van der Waals surface area contributed by atoms with E-state index < -0.39 is 21.1 Å². The number of fused-ring (bicyclic) bond motifs is 1. The molecule has 3 saturated heterocycles. The van der Waals surface area contributed by atoms with Crippen LogP contribution in [0.15, 0.2) is 6.07 Å². The topological polar surface area (TPSA) is 54.0 Å². The molecular formula is C24H37N5O2SSn. The van der Waals surface area contributed by atoms with Gasteiger partial charge in [0.1, 0.15) is 0 Å². The molecular weight excluding hydrogens is 541 g/mol. The van der Waals surface area contributed by atoms with E-state index in [-0.39, 0.29) is 0 Å². The first-order chi connectivity index (χ1) is 16.3. The minimum absolute atomic E-state index is 0.707. The number of piperidine rings is 1. The molecule has 0 saturated carbocycles. The second kappa shape index (κ2) is 11.9. The summed E-state index contributed by atoms with van der Waals surface area (Å²) in [6, 6.07) is 3.10. The molecule has 0 aliphatic carbocycles. The van der Waals surface area contributed by atoms with Gasteiger partial charge < -0.3 is 4.74 Å². The summed E-state index contributed by atoms with van der Waals surface area (Å²) >= 11 is 1.21. The van der Waals surface area contributed by atoms with Crippen molar-refractivity contribution < 1.29 is 9.47 Å². The molecule has 9 heteroatoms. The molecule has 2 aromatic rings. The monoisotopic (exact) mass is 579 g/mol. The number of anilines is 1. The van der Waals surface area contributed by atoms with Gasteiger partial charge in [-0.15, -0.1) is 0 Å². The fraction of sp³-hybridized carbons (Fsp3) is 0.750. The number of hydrogen-bond acceptors (Lipinski definition) is 8. The summed E-state index contributed by atoms with van der Waals surface area (Å²) in [6.45, 7) is 13.2. The number of nitrogens with zero attached hydrogens (tertiary/aromatic N) is 5. The van der Waals surface area contributed by atoms with E-state index in [9.17, 15) is 0 Å². The molecule has 0 unspecified atom stereocenters. The molecule has 0 spiro atoms. The third kappa shape index (κ3) is 6.19. The van der Waals surface area contributed by atoms with E-state index in [1.807, 2.05) is 11.3 Å². The first-order valence-electron chi connectivity index (χ1n) is 12.7. The van der Waals surface area contributed by atoms with Crippen molar-refractivity contribution in [2.75, 3.05) is 70.6 Å². The van der Waals surface area contributed by atoms with Gasteiger partial charge in [-0.2, -0.15) is 0 Å². The molecule has 3 aliphatic rings. The molecule has 180 valence electrons. The van der Waals surface area contributed by atoms with Crippen LogP contribution in [0.5, 0.6) is 0 Å². The molecule has 2 radical (unpaired) electrons. The Bertz CT molecular complexity index is 892. The first kappa shape index (κ1) is 24.2. The van der Waals surface area contributed by atoms with E-state index in [4.69, 9.17) is 19.4 Å². The van der Waals surface area contributed by atoms with Gasteiger partial charge in [0, 0.05) is 0 Å². The summed E-state index contributed by atoms with van der Waals surface area (Å²) < 4.78 is 15.0. The second-order valence-corrected chi connectivity index (χ2v) is 14.2. The molecule has 33 heavy (non-hydrogen) atoms. The molecule has 0 N–H and O–H groups in total. The second-order valence-electron chi connectivity index (χ2n) is 9.33. The predicted octanol–water partition coefficient (Wildman–Crippen LogP) is 2.37. The first-order valence-corrected chi connectivity index (χ1v) is 17.0. The van der Waals surface area contributed by atoms with Crippen LogP contribution >= 0.6 is 11.3 Å². The number of morpholine rings is 2. The van der Waals surface area contributed by atoms with Gasteiger partial charge in [0.2, 0.25) is 0 Å². The van der Waals surface area contributed by atoms with Crippen LogP contribution in [0.4, 0.5) is 5.82 Å². The summed E-state index contributed by atoms with van der Waals surface area (Å²) in [5.41, 5.74) is 1.18. The Morgan fingerprint density at radius 1 is 1.00 bits per heavy atom. The minimum atomic E-state index is -0.707. The van der Waals surface area contributed by atoms with Crippen molar-refractivity contribution in [2.45, 2.75) is 49.6 Å². The van der Waals surface area contributed by atoms with Crippen LogP contribution in [0.25, 0.3) is 10.2 Å². The van der Waals surface area contributed by atoms with Crippen molar-refractivity contribution in [1.82, 2.24) is 19.8 Å². The SMILES string of the molecule is CCC[CH2][Sn][c]1nc(N2CCOCC2)c2sc(CN3CCC(N4CCOCC4)CC3)cc2n1. The molecule has 0 bridgehead atoms. The van der Waals surface area contributed by atoms with E-state index >= 15 is 0 Å². The summed E-state index contributed by atoms with van der Waals surface area (Å²) in [5, 5.41) is 0. The Hall–Kier alpha value is -0.521. The van der Waals surface area contributed by atoms with Crippen molar-refractivity contribution >= 4 is 52.4 Å². The molecule has 5 heterocycles. The van der Waals surface area contributed by atoms with Crippen molar-refractivity contribution in [1.29, 1.82) is 0 Å². The maximum absolute atomic E-state index is 5.61. The summed E-state index contributed by atoms with van der Waals surface area (Å²) in [5.74, 6) is 1.18. The van der Waals surface area contributed by atoms with E-state index in [0.29, 0.717) is 0 Å². The maximum atomic E-state index is 5.61. The van der Waals surface area contributed by atoms with Crippen molar-refractivity contribution in [3.05, 3.63) is 10.9 Å². The summed E-state index contributed by atoms with van der Waals surface area (Å²) in [6.07, 6.45) is 5.14. The average molecular weight is 578 g/mol. The predicted molar refractivity (Wildman–Crippen MR) is 136 cm³/mol. The molecule has 0 aromatic carbocycles. The Labute approximate surface area is 212 Å². The van der Waals surface area contributed by atoms with E-state index in [1.54, 1.807) is 0 Å². The van der Waals surface area contributed by atoms with Gasteiger partial charge in [0.05, 0.1) is 13.2 Å². The zero-order valence-corrected chi connectivity index (χ0v) is 23.6. The molecule has 3 aliphatic heterocycles. The number of likely N-dealkylation sites (tertiary alicyclic amines) is 1. The number of thiophene rings is 1. The molecule has 7 nitrogen and oxygen atoms in total. The Balaban J connectivity index is 1.28. The number of unbranched alkanes of at least 4 members (excludes halogenated alkanes) is 1. The fourth-order valence-electron chi connectivity index (χ4n) is 5.09. The quantitative estimate of drug-likeness (QED) is 0.353.